The standard InChI is InChI=1S/C14H14ClNO3/c1-8(14(17)18-3)13-12(16-9(2)19-13)10-4-6-11(15)7-5-10/h4-8H,1-3H3. The number of hydrogen-bond donors (Lipinski definition) is 0. The van der Waals surface area contributed by atoms with Crippen LogP contribution in [0.1, 0.15) is 24.5 Å². The number of carbonyl (C=O) groups is 1. The van der Waals surface area contributed by atoms with E-state index in [1.165, 1.54) is 7.11 Å². The Bertz CT molecular complexity index is 589. The van der Waals surface area contributed by atoms with Crippen molar-refractivity contribution in [3.05, 3.63) is 40.9 Å². The highest BCUT2D eigenvalue weighted by atomic mass is 35.5. The van der Waals surface area contributed by atoms with Crippen LogP contribution >= 0.6 is 11.6 Å². The quantitative estimate of drug-likeness (QED) is 0.806. The van der Waals surface area contributed by atoms with Gasteiger partial charge in [-0.3, -0.25) is 4.79 Å². The summed E-state index contributed by atoms with van der Waals surface area (Å²) >= 11 is 5.86. The van der Waals surface area contributed by atoms with Gasteiger partial charge in [-0.1, -0.05) is 23.7 Å². The fourth-order valence-electron chi connectivity index (χ4n) is 1.83. The highest BCUT2D eigenvalue weighted by Gasteiger charge is 2.25. The summed E-state index contributed by atoms with van der Waals surface area (Å²) < 4.78 is 10.3. The van der Waals surface area contributed by atoms with Crippen LogP contribution in [0.2, 0.25) is 5.02 Å². The molecule has 4 nitrogen and oxygen atoms in total. The third kappa shape index (κ3) is 2.79. The molecule has 0 aliphatic rings. The van der Waals surface area contributed by atoms with Crippen molar-refractivity contribution in [3.63, 3.8) is 0 Å². The van der Waals surface area contributed by atoms with E-state index in [2.05, 4.69) is 4.98 Å². The Morgan fingerprint density at radius 2 is 2.00 bits per heavy atom. The maximum Gasteiger partial charge on any atom is 0.316 e. The highest BCUT2D eigenvalue weighted by molar-refractivity contribution is 6.30. The van der Waals surface area contributed by atoms with Gasteiger partial charge in [-0.25, -0.2) is 4.98 Å². The van der Waals surface area contributed by atoms with E-state index in [0.29, 0.717) is 22.4 Å². The van der Waals surface area contributed by atoms with Gasteiger partial charge >= 0.3 is 5.97 Å². The molecule has 19 heavy (non-hydrogen) atoms. The first-order valence-electron chi connectivity index (χ1n) is 5.84. The zero-order valence-corrected chi connectivity index (χ0v) is 11.7. The van der Waals surface area contributed by atoms with Crippen molar-refractivity contribution in [1.29, 1.82) is 0 Å². The van der Waals surface area contributed by atoms with Gasteiger partial charge in [0.25, 0.3) is 0 Å². The molecule has 2 rings (SSSR count). The zero-order chi connectivity index (χ0) is 14.0. The van der Waals surface area contributed by atoms with Gasteiger partial charge in [0.1, 0.15) is 17.4 Å². The lowest BCUT2D eigenvalue weighted by molar-refractivity contribution is -0.142. The minimum absolute atomic E-state index is 0.355. The Morgan fingerprint density at radius 1 is 1.37 bits per heavy atom. The van der Waals surface area contributed by atoms with Crippen LogP contribution in [0.4, 0.5) is 0 Å². The summed E-state index contributed by atoms with van der Waals surface area (Å²) in [6, 6.07) is 7.22. The van der Waals surface area contributed by atoms with Crippen molar-refractivity contribution < 1.29 is 13.9 Å². The second-order valence-electron chi connectivity index (χ2n) is 4.20. The number of methoxy groups -OCH3 is 1. The largest absolute Gasteiger partial charge is 0.468 e. The van der Waals surface area contributed by atoms with E-state index in [1.54, 1.807) is 26.0 Å². The van der Waals surface area contributed by atoms with Gasteiger partial charge in [0.15, 0.2) is 5.89 Å². The van der Waals surface area contributed by atoms with Crippen LogP contribution in [0.5, 0.6) is 0 Å². The summed E-state index contributed by atoms with van der Waals surface area (Å²) in [6.07, 6.45) is 0. The maximum absolute atomic E-state index is 11.6. The SMILES string of the molecule is COC(=O)C(C)c1oc(C)nc1-c1ccc(Cl)cc1. The Balaban J connectivity index is 2.46. The molecule has 0 saturated heterocycles. The maximum atomic E-state index is 11.6. The molecule has 100 valence electrons. The number of rotatable bonds is 3. The van der Waals surface area contributed by atoms with Crippen LogP contribution in [-0.2, 0) is 9.53 Å². The molecular weight excluding hydrogens is 266 g/mol. The number of nitrogens with zero attached hydrogens (tertiary/aromatic N) is 1. The third-order valence-electron chi connectivity index (χ3n) is 2.83. The molecule has 0 saturated carbocycles. The average molecular weight is 280 g/mol. The predicted molar refractivity (Wildman–Crippen MR) is 72.1 cm³/mol. The number of aryl methyl sites for hydroxylation is 1. The van der Waals surface area contributed by atoms with Gasteiger partial charge in [-0.15, -0.1) is 0 Å². The molecular formula is C14H14ClNO3. The van der Waals surface area contributed by atoms with Gasteiger partial charge in [0.05, 0.1) is 7.11 Å². The Kier molecular flexibility index (Phi) is 3.90. The summed E-state index contributed by atoms with van der Waals surface area (Å²) in [5.41, 5.74) is 1.50. The molecule has 1 heterocycles. The first-order chi connectivity index (χ1) is 9.02. The molecule has 0 fully saturated rings. The van der Waals surface area contributed by atoms with Crippen LogP contribution in [0.3, 0.4) is 0 Å². The summed E-state index contributed by atoms with van der Waals surface area (Å²) in [5, 5.41) is 0.645. The molecule has 5 heteroatoms. The first kappa shape index (κ1) is 13.6. The van der Waals surface area contributed by atoms with Gasteiger partial charge in [-0.2, -0.15) is 0 Å². The van der Waals surface area contributed by atoms with Crippen molar-refractivity contribution in [3.8, 4) is 11.3 Å². The summed E-state index contributed by atoms with van der Waals surface area (Å²) in [6.45, 7) is 3.47. The molecule has 0 spiro atoms. The van der Waals surface area contributed by atoms with E-state index >= 15 is 0 Å². The molecule has 0 bridgehead atoms. The number of carbonyl (C=O) groups excluding carboxylic acids is 1. The number of ether oxygens (including phenoxy) is 1. The van der Waals surface area contributed by atoms with Crippen molar-refractivity contribution in [1.82, 2.24) is 4.98 Å². The van der Waals surface area contributed by atoms with E-state index in [9.17, 15) is 4.79 Å². The van der Waals surface area contributed by atoms with E-state index in [0.717, 1.165) is 5.56 Å². The minimum atomic E-state index is -0.503. The van der Waals surface area contributed by atoms with Crippen molar-refractivity contribution in [2.45, 2.75) is 19.8 Å². The lowest BCUT2D eigenvalue weighted by atomic mass is 10.0. The molecule has 1 atom stereocenters. The Morgan fingerprint density at radius 3 is 2.58 bits per heavy atom. The molecule has 1 aromatic carbocycles. The minimum Gasteiger partial charge on any atom is -0.468 e. The second kappa shape index (κ2) is 5.45. The van der Waals surface area contributed by atoms with Gasteiger partial charge in [0, 0.05) is 17.5 Å². The molecule has 1 unspecified atom stereocenters. The van der Waals surface area contributed by atoms with Crippen molar-refractivity contribution >= 4 is 17.6 Å². The predicted octanol–water partition coefficient (Wildman–Crippen LogP) is 3.58. The smallest absolute Gasteiger partial charge is 0.316 e. The fourth-order valence-corrected chi connectivity index (χ4v) is 1.96. The number of halogens is 1. The first-order valence-corrected chi connectivity index (χ1v) is 6.21. The van der Waals surface area contributed by atoms with E-state index < -0.39 is 5.92 Å². The lowest BCUT2D eigenvalue weighted by Crippen LogP contribution is -2.10. The van der Waals surface area contributed by atoms with E-state index in [1.807, 2.05) is 12.1 Å². The fraction of sp³-hybridized carbons (Fsp3) is 0.286. The molecule has 0 aliphatic heterocycles. The van der Waals surface area contributed by atoms with E-state index in [-0.39, 0.29) is 5.97 Å². The van der Waals surface area contributed by atoms with Crippen LogP contribution in [0.25, 0.3) is 11.3 Å². The van der Waals surface area contributed by atoms with Crippen LogP contribution in [-0.4, -0.2) is 18.1 Å². The average Bonchev–Trinajstić information content (AvgIpc) is 2.80. The molecule has 2 aromatic rings. The lowest BCUT2D eigenvalue weighted by Gasteiger charge is -2.07. The highest BCUT2D eigenvalue weighted by Crippen LogP contribution is 2.31. The summed E-state index contributed by atoms with van der Waals surface area (Å²) in [5.74, 6) is 0.158. The number of oxazole rings is 1. The molecule has 0 N–H and O–H groups in total. The summed E-state index contributed by atoms with van der Waals surface area (Å²) in [7, 11) is 1.35. The third-order valence-corrected chi connectivity index (χ3v) is 3.08. The van der Waals surface area contributed by atoms with Crippen molar-refractivity contribution in [2.75, 3.05) is 7.11 Å². The van der Waals surface area contributed by atoms with Crippen molar-refractivity contribution in [2.24, 2.45) is 0 Å². The van der Waals surface area contributed by atoms with Gasteiger partial charge in [0.2, 0.25) is 0 Å². The Labute approximate surface area is 116 Å². The summed E-state index contributed by atoms with van der Waals surface area (Å²) in [4.78, 5) is 16.0. The van der Waals surface area contributed by atoms with Gasteiger partial charge in [-0.05, 0) is 19.1 Å². The topological polar surface area (TPSA) is 52.3 Å². The normalized spacial score (nSPS) is 12.2. The molecule has 0 radical (unpaired) electrons. The number of esters is 1. The van der Waals surface area contributed by atoms with Crippen LogP contribution in [0.15, 0.2) is 28.7 Å². The van der Waals surface area contributed by atoms with Gasteiger partial charge < -0.3 is 9.15 Å². The van der Waals surface area contributed by atoms with Crippen LogP contribution < -0.4 is 0 Å². The molecule has 1 aromatic heterocycles. The number of hydrogen-bond acceptors (Lipinski definition) is 4. The zero-order valence-electron chi connectivity index (χ0n) is 10.9. The van der Waals surface area contributed by atoms with Crippen LogP contribution in [0, 0.1) is 6.92 Å². The monoisotopic (exact) mass is 279 g/mol. The van der Waals surface area contributed by atoms with E-state index in [4.69, 9.17) is 20.8 Å². The number of aromatic nitrogens is 1. The molecule has 0 aliphatic carbocycles. The molecule has 0 amide bonds. The second-order valence-corrected chi connectivity index (χ2v) is 4.63. The Hall–Kier alpha value is -1.81. The number of benzene rings is 1.